The monoisotopic (exact) mass is 402 g/mol. The number of nitrogens with zero attached hydrogens (tertiary/aromatic N) is 1. The van der Waals surface area contributed by atoms with Gasteiger partial charge in [0.05, 0.1) is 11.5 Å². The quantitative estimate of drug-likeness (QED) is 0.249. The van der Waals surface area contributed by atoms with E-state index in [-0.39, 0.29) is 11.6 Å². The third-order valence-corrected chi connectivity index (χ3v) is 4.40. The molecular formula is C24H22N2O4. The first kappa shape index (κ1) is 20.8. The Morgan fingerprint density at radius 3 is 2.40 bits per heavy atom. The number of carbonyl (C=O) groups is 1. The van der Waals surface area contributed by atoms with Crippen LogP contribution in [0.15, 0.2) is 84.9 Å². The zero-order valence-electron chi connectivity index (χ0n) is 16.4. The maximum Gasteiger partial charge on any atom is 0.269 e. The molecule has 0 saturated carbocycles. The normalized spacial score (nSPS) is 10.7. The molecule has 0 aliphatic carbocycles. The van der Waals surface area contributed by atoms with Crippen LogP contribution in [0.5, 0.6) is 5.75 Å². The van der Waals surface area contributed by atoms with Crippen LogP contribution >= 0.6 is 0 Å². The van der Waals surface area contributed by atoms with Crippen LogP contribution < -0.4 is 10.1 Å². The molecule has 0 aliphatic heterocycles. The van der Waals surface area contributed by atoms with Gasteiger partial charge in [0.2, 0.25) is 5.91 Å². The fourth-order valence-electron chi connectivity index (χ4n) is 2.88. The van der Waals surface area contributed by atoms with Crippen LogP contribution in [-0.4, -0.2) is 24.0 Å². The smallest absolute Gasteiger partial charge is 0.269 e. The molecule has 6 nitrogen and oxygen atoms in total. The molecule has 3 aromatic carbocycles. The lowest BCUT2D eigenvalue weighted by Gasteiger charge is -2.12. The Labute approximate surface area is 175 Å². The predicted octanol–water partition coefficient (Wildman–Crippen LogP) is 4.39. The number of benzene rings is 3. The number of rotatable bonds is 9. The van der Waals surface area contributed by atoms with Gasteiger partial charge < -0.3 is 10.1 Å². The maximum absolute atomic E-state index is 11.9. The van der Waals surface area contributed by atoms with E-state index in [1.807, 2.05) is 42.5 Å². The van der Waals surface area contributed by atoms with Crippen LogP contribution in [0.25, 0.3) is 6.08 Å². The predicted molar refractivity (Wildman–Crippen MR) is 116 cm³/mol. The summed E-state index contributed by atoms with van der Waals surface area (Å²) in [5.41, 5.74) is 3.02. The van der Waals surface area contributed by atoms with Crippen LogP contribution in [0.4, 0.5) is 5.69 Å². The fourth-order valence-corrected chi connectivity index (χ4v) is 2.88. The Morgan fingerprint density at radius 2 is 1.67 bits per heavy atom. The molecule has 30 heavy (non-hydrogen) atoms. The van der Waals surface area contributed by atoms with E-state index in [2.05, 4.69) is 17.4 Å². The van der Waals surface area contributed by atoms with E-state index < -0.39 is 4.92 Å². The summed E-state index contributed by atoms with van der Waals surface area (Å²) < 4.78 is 5.86. The van der Waals surface area contributed by atoms with Gasteiger partial charge in [0, 0.05) is 24.6 Å². The Hall–Kier alpha value is -3.93. The Kier molecular flexibility index (Phi) is 7.33. The first-order valence-electron chi connectivity index (χ1n) is 9.57. The number of nitro groups is 1. The van der Waals surface area contributed by atoms with Crippen molar-refractivity contribution in [1.82, 2.24) is 5.32 Å². The molecule has 0 aliphatic rings. The number of carbonyl (C=O) groups excluding carboxylic acids is 1. The average molecular weight is 402 g/mol. The molecule has 1 N–H and O–H groups in total. The Bertz CT molecular complexity index is 1010. The molecule has 0 aromatic heterocycles. The van der Waals surface area contributed by atoms with Crippen molar-refractivity contribution in [3.05, 3.63) is 112 Å². The van der Waals surface area contributed by atoms with Crippen molar-refractivity contribution in [2.24, 2.45) is 0 Å². The lowest BCUT2D eigenvalue weighted by Crippen LogP contribution is -2.26. The van der Waals surface area contributed by atoms with Crippen LogP contribution in [0, 0.1) is 10.1 Å². The second-order valence-electron chi connectivity index (χ2n) is 6.59. The first-order chi connectivity index (χ1) is 14.6. The number of hydrogen-bond donors (Lipinski definition) is 1. The summed E-state index contributed by atoms with van der Waals surface area (Å²) in [5, 5.41) is 13.4. The van der Waals surface area contributed by atoms with Gasteiger partial charge in [0.25, 0.3) is 5.69 Å². The number of non-ortho nitro benzene ring substituents is 1. The van der Waals surface area contributed by atoms with Crippen molar-refractivity contribution >= 4 is 17.7 Å². The summed E-state index contributed by atoms with van der Waals surface area (Å²) in [5.74, 6) is 0.548. The van der Waals surface area contributed by atoms with Crippen molar-refractivity contribution in [3.8, 4) is 5.75 Å². The highest BCUT2D eigenvalue weighted by Crippen LogP contribution is 2.21. The van der Waals surface area contributed by atoms with Crippen LogP contribution in [0.3, 0.4) is 0 Å². The van der Waals surface area contributed by atoms with E-state index in [4.69, 9.17) is 4.74 Å². The zero-order chi connectivity index (χ0) is 21.2. The van der Waals surface area contributed by atoms with Gasteiger partial charge in [-0.2, -0.15) is 0 Å². The third kappa shape index (κ3) is 6.31. The number of nitrogens with one attached hydrogen (secondary N) is 1. The van der Waals surface area contributed by atoms with Gasteiger partial charge in [-0.25, -0.2) is 0 Å². The Balaban J connectivity index is 1.45. The molecule has 0 fully saturated rings. The van der Waals surface area contributed by atoms with Crippen molar-refractivity contribution in [3.63, 3.8) is 0 Å². The van der Waals surface area contributed by atoms with Crippen LogP contribution in [-0.2, 0) is 11.2 Å². The van der Waals surface area contributed by atoms with Gasteiger partial charge in [-0.3, -0.25) is 14.9 Å². The summed E-state index contributed by atoms with van der Waals surface area (Å²) >= 11 is 0. The van der Waals surface area contributed by atoms with Crippen LogP contribution in [0.1, 0.15) is 16.7 Å². The molecule has 6 heteroatoms. The zero-order valence-corrected chi connectivity index (χ0v) is 16.4. The van der Waals surface area contributed by atoms with Crippen molar-refractivity contribution in [2.45, 2.75) is 6.42 Å². The summed E-state index contributed by atoms with van der Waals surface area (Å²) in [6.07, 6.45) is 3.78. The number of ether oxygens (including phenoxy) is 1. The van der Waals surface area contributed by atoms with E-state index >= 15 is 0 Å². The molecule has 0 bridgehead atoms. The molecule has 1 amide bonds. The minimum absolute atomic E-state index is 0.0151. The Morgan fingerprint density at radius 1 is 0.967 bits per heavy atom. The van der Waals surface area contributed by atoms with E-state index in [0.717, 1.165) is 17.7 Å². The standard InChI is InChI=1S/C24H22N2O4/c27-24(15-12-19-10-13-22(14-11-19)26(28)29)25-16-17-30-23-9-5-4-8-21(23)18-20-6-2-1-3-7-20/h1-15H,16-18H2,(H,25,27)/b15-12-. The maximum atomic E-state index is 11.9. The van der Waals surface area contributed by atoms with Gasteiger partial charge in [-0.05, 0) is 41.0 Å². The van der Waals surface area contributed by atoms with E-state index in [1.54, 1.807) is 18.2 Å². The van der Waals surface area contributed by atoms with E-state index in [0.29, 0.717) is 18.7 Å². The van der Waals surface area contributed by atoms with Gasteiger partial charge in [-0.15, -0.1) is 0 Å². The van der Waals surface area contributed by atoms with Crippen LogP contribution in [0.2, 0.25) is 0 Å². The number of hydrogen-bond acceptors (Lipinski definition) is 4. The lowest BCUT2D eigenvalue weighted by atomic mass is 10.0. The minimum Gasteiger partial charge on any atom is -0.491 e. The van der Waals surface area contributed by atoms with Crippen molar-refractivity contribution < 1.29 is 14.5 Å². The second-order valence-corrected chi connectivity index (χ2v) is 6.59. The number of para-hydroxylation sites is 1. The second kappa shape index (κ2) is 10.6. The largest absolute Gasteiger partial charge is 0.491 e. The molecule has 0 spiro atoms. The molecular weight excluding hydrogens is 380 g/mol. The molecule has 0 heterocycles. The molecule has 0 radical (unpaired) electrons. The van der Waals surface area contributed by atoms with Gasteiger partial charge in [-0.1, -0.05) is 48.5 Å². The summed E-state index contributed by atoms with van der Waals surface area (Å²) in [6, 6.07) is 24.0. The summed E-state index contributed by atoms with van der Waals surface area (Å²) in [6.45, 7) is 0.714. The fraction of sp³-hybridized carbons (Fsp3) is 0.125. The van der Waals surface area contributed by atoms with Crippen molar-refractivity contribution in [2.75, 3.05) is 13.2 Å². The molecule has 0 saturated heterocycles. The molecule has 0 atom stereocenters. The molecule has 3 aromatic rings. The summed E-state index contributed by atoms with van der Waals surface area (Å²) in [4.78, 5) is 22.1. The van der Waals surface area contributed by atoms with Gasteiger partial charge in [0.15, 0.2) is 0 Å². The lowest BCUT2D eigenvalue weighted by molar-refractivity contribution is -0.384. The number of amides is 1. The molecule has 152 valence electrons. The van der Waals surface area contributed by atoms with E-state index in [9.17, 15) is 14.9 Å². The highest BCUT2D eigenvalue weighted by atomic mass is 16.6. The molecule has 3 rings (SSSR count). The molecule has 0 unspecified atom stereocenters. The number of nitro benzene ring substituents is 1. The topological polar surface area (TPSA) is 81.5 Å². The van der Waals surface area contributed by atoms with Crippen molar-refractivity contribution in [1.29, 1.82) is 0 Å². The SMILES string of the molecule is O=C(/C=C\c1ccc([N+](=O)[O-])cc1)NCCOc1ccccc1Cc1ccccc1. The van der Waals surface area contributed by atoms with Gasteiger partial charge in [0.1, 0.15) is 12.4 Å². The van der Waals surface area contributed by atoms with Gasteiger partial charge >= 0.3 is 0 Å². The first-order valence-corrected chi connectivity index (χ1v) is 9.57. The summed E-state index contributed by atoms with van der Waals surface area (Å²) in [7, 11) is 0. The highest BCUT2D eigenvalue weighted by molar-refractivity contribution is 5.91. The van der Waals surface area contributed by atoms with E-state index in [1.165, 1.54) is 23.8 Å². The minimum atomic E-state index is -0.460. The average Bonchev–Trinajstić information content (AvgIpc) is 2.77. The highest BCUT2D eigenvalue weighted by Gasteiger charge is 2.05. The third-order valence-electron chi connectivity index (χ3n) is 4.40.